The highest BCUT2D eigenvalue weighted by Crippen LogP contribution is 2.21. The van der Waals surface area contributed by atoms with Crippen molar-refractivity contribution in [2.75, 3.05) is 5.32 Å². The molecule has 0 saturated carbocycles. The summed E-state index contributed by atoms with van der Waals surface area (Å²) in [4.78, 5) is 13.3. The van der Waals surface area contributed by atoms with E-state index in [9.17, 15) is 0 Å². The molecule has 118 valence electrons. The van der Waals surface area contributed by atoms with Crippen LogP contribution in [0.4, 0.5) is 5.82 Å². The molecule has 1 N–H and O–H groups in total. The third-order valence-electron chi connectivity index (χ3n) is 3.56. The summed E-state index contributed by atoms with van der Waals surface area (Å²) in [6, 6.07) is 9.84. The quantitative estimate of drug-likeness (QED) is 0.783. The summed E-state index contributed by atoms with van der Waals surface area (Å²) < 4.78 is 1.89. The second-order valence-electron chi connectivity index (χ2n) is 5.36. The Morgan fingerprint density at radius 2 is 2.04 bits per heavy atom. The van der Waals surface area contributed by atoms with Crippen LogP contribution in [0.3, 0.4) is 0 Å². The van der Waals surface area contributed by atoms with E-state index in [1.165, 1.54) is 0 Å². The normalized spacial score (nSPS) is 12.1. The molecular formula is C17H20N6. The van der Waals surface area contributed by atoms with Gasteiger partial charge in [-0.05, 0) is 39.0 Å². The van der Waals surface area contributed by atoms with E-state index >= 15 is 0 Å². The van der Waals surface area contributed by atoms with Gasteiger partial charge in [-0.15, -0.1) is 0 Å². The Kier molecular flexibility index (Phi) is 4.32. The van der Waals surface area contributed by atoms with Gasteiger partial charge in [-0.3, -0.25) is 9.67 Å². The number of nitrogens with zero attached hydrogens (tertiary/aromatic N) is 5. The summed E-state index contributed by atoms with van der Waals surface area (Å²) >= 11 is 0. The molecule has 3 heterocycles. The molecule has 6 nitrogen and oxygen atoms in total. The first kappa shape index (κ1) is 15.1. The largest absolute Gasteiger partial charge is 0.362 e. The van der Waals surface area contributed by atoms with Gasteiger partial charge in [0.05, 0.1) is 17.4 Å². The summed E-state index contributed by atoms with van der Waals surface area (Å²) in [6.45, 7) is 6.84. The van der Waals surface area contributed by atoms with Crippen molar-refractivity contribution in [3.05, 3.63) is 54.2 Å². The molecule has 1 atom stereocenters. The summed E-state index contributed by atoms with van der Waals surface area (Å²) in [5.74, 6) is 1.49. The molecule has 0 aliphatic rings. The van der Waals surface area contributed by atoms with Crippen molar-refractivity contribution in [2.24, 2.45) is 0 Å². The Hall–Kier alpha value is -2.76. The summed E-state index contributed by atoms with van der Waals surface area (Å²) in [5, 5.41) is 7.89. The Labute approximate surface area is 135 Å². The van der Waals surface area contributed by atoms with Crippen LogP contribution in [0.5, 0.6) is 0 Å². The van der Waals surface area contributed by atoms with Gasteiger partial charge in [-0.25, -0.2) is 9.97 Å². The van der Waals surface area contributed by atoms with Crippen LogP contribution in [-0.4, -0.2) is 24.7 Å². The maximum Gasteiger partial charge on any atom is 0.130 e. The third kappa shape index (κ3) is 3.53. The Morgan fingerprint density at radius 3 is 2.74 bits per heavy atom. The highest BCUT2D eigenvalue weighted by Gasteiger charge is 2.11. The van der Waals surface area contributed by atoms with Crippen molar-refractivity contribution >= 4 is 5.82 Å². The topological polar surface area (TPSA) is 68.5 Å². The van der Waals surface area contributed by atoms with E-state index in [0.717, 1.165) is 29.4 Å². The number of nitrogens with one attached hydrogen (secondary N) is 1. The van der Waals surface area contributed by atoms with Crippen molar-refractivity contribution in [3.63, 3.8) is 0 Å². The number of anilines is 1. The summed E-state index contributed by atoms with van der Waals surface area (Å²) in [6.07, 6.45) is 3.75. The second-order valence-corrected chi connectivity index (χ2v) is 5.36. The van der Waals surface area contributed by atoms with Crippen molar-refractivity contribution in [1.29, 1.82) is 0 Å². The van der Waals surface area contributed by atoms with Crippen molar-refractivity contribution in [1.82, 2.24) is 24.7 Å². The fraction of sp³-hybridized carbons (Fsp3) is 0.294. The average Bonchev–Trinajstić information content (AvgIpc) is 3.04. The lowest BCUT2D eigenvalue weighted by molar-refractivity contribution is 0.661. The predicted octanol–water partition coefficient (Wildman–Crippen LogP) is 3.24. The van der Waals surface area contributed by atoms with E-state index in [0.29, 0.717) is 5.82 Å². The van der Waals surface area contributed by atoms with Crippen molar-refractivity contribution in [3.8, 4) is 11.4 Å². The first-order valence-electron chi connectivity index (χ1n) is 7.72. The van der Waals surface area contributed by atoms with Crippen LogP contribution in [0.1, 0.15) is 31.4 Å². The van der Waals surface area contributed by atoms with Gasteiger partial charge < -0.3 is 5.32 Å². The summed E-state index contributed by atoms with van der Waals surface area (Å²) in [5.41, 5.74) is 2.65. The zero-order valence-corrected chi connectivity index (χ0v) is 13.6. The molecule has 0 saturated heterocycles. The van der Waals surface area contributed by atoms with Crippen LogP contribution in [0.15, 0.2) is 42.7 Å². The molecule has 0 radical (unpaired) electrons. The van der Waals surface area contributed by atoms with E-state index in [2.05, 4.69) is 39.2 Å². The third-order valence-corrected chi connectivity index (χ3v) is 3.56. The predicted molar refractivity (Wildman–Crippen MR) is 89.9 cm³/mol. The lowest BCUT2D eigenvalue weighted by Crippen LogP contribution is -2.10. The molecular weight excluding hydrogens is 288 g/mol. The molecule has 0 spiro atoms. The van der Waals surface area contributed by atoms with Crippen molar-refractivity contribution < 1.29 is 0 Å². The molecule has 1 unspecified atom stereocenters. The first-order valence-corrected chi connectivity index (χ1v) is 7.72. The maximum absolute atomic E-state index is 4.50. The van der Waals surface area contributed by atoms with Crippen LogP contribution in [-0.2, 0) is 6.54 Å². The summed E-state index contributed by atoms with van der Waals surface area (Å²) in [7, 11) is 0. The minimum atomic E-state index is 0.0616. The molecule has 0 amide bonds. The molecule has 0 aliphatic carbocycles. The maximum atomic E-state index is 4.50. The number of rotatable bonds is 5. The van der Waals surface area contributed by atoms with Gasteiger partial charge in [-0.2, -0.15) is 5.10 Å². The Morgan fingerprint density at radius 1 is 1.17 bits per heavy atom. The standard InChI is InChI=1S/C17H20N6/c1-4-23-10-8-15(22-23)16-11-17(21-13(3)20-16)19-12(2)14-7-5-6-9-18-14/h5-12H,4H2,1-3H3,(H,19,20,21). The number of hydrogen-bond acceptors (Lipinski definition) is 5. The molecule has 0 bridgehead atoms. The SMILES string of the molecule is CCn1ccc(-c2cc(NC(C)c3ccccn3)nc(C)n2)n1. The Balaban J connectivity index is 1.85. The number of hydrogen-bond donors (Lipinski definition) is 1. The van der Waals surface area contributed by atoms with Gasteiger partial charge in [0.15, 0.2) is 0 Å². The van der Waals surface area contributed by atoms with Crippen molar-refractivity contribution in [2.45, 2.75) is 33.4 Å². The molecule has 3 aromatic heterocycles. The smallest absolute Gasteiger partial charge is 0.130 e. The molecule has 0 fully saturated rings. The van der Waals surface area contributed by atoms with Gasteiger partial charge in [0.1, 0.15) is 17.3 Å². The molecule has 0 aromatic carbocycles. The van der Waals surface area contributed by atoms with Crippen LogP contribution in [0.25, 0.3) is 11.4 Å². The molecule has 0 aliphatic heterocycles. The van der Waals surface area contributed by atoms with Crippen LogP contribution in [0.2, 0.25) is 0 Å². The minimum absolute atomic E-state index is 0.0616. The van der Waals surface area contributed by atoms with Gasteiger partial charge in [0.25, 0.3) is 0 Å². The number of aromatic nitrogens is 5. The van der Waals surface area contributed by atoms with E-state index in [1.807, 2.05) is 48.1 Å². The van der Waals surface area contributed by atoms with Gasteiger partial charge in [0, 0.05) is 25.0 Å². The highest BCUT2D eigenvalue weighted by atomic mass is 15.3. The molecule has 3 aromatic rings. The fourth-order valence-electron chi connectivity index (χ4n) is 2.38. The number of pyridine rings is 1. The molecule has 6 heteroatoms. The minimum Gasteiger partial charge on any atom is -0.362 e. The van der Waals surface area contributed by atoms with Crippen LogP contribution < -0.4 is 5.32 Å². The highest BCUT2D eigenvalue weighted by molar-refractivity contribution is 5.58. The Bertz CT molecular complexity index is 781. The van der Waals surface area contributed by atoms with E-state index in [1.54, 1.807) is 6.20 Å². The van der Waals surface area contributed by atoms with Crippen LogP contribution in [0, 0.1) is 6.92 Å². The monoisotopic (exact) mass is 308 g/mol. The fourth-order valence-corrected chi connectivity index (χ4v) is 2.38. The van der Waals surface area contributed by atoms with E-state index < -0.39 is 0 Å². The second kappa shape index (κ2) is 6.56. The average molecular weight is 308 g/mol. The van der Waals surface area contributed by atoms with E-state index in [-0.39, 0.29) is 6.04 Å². The van der Waals surface area contributed by atoms with E-state index in [4.69, 9.17) is 0 Å². The lowest BCUT2D eigenvalue weighted by atomic mass is 10.2. The van der Waals surface area contributed by atoms with Gasteiger partial charge >= 0.3 is 0 Å². The van der Waals surface area contributed by atoms with Gasteiger partial charge in [-0.1, -0.05) is 6.07 Å². The van der Waals surface area contributed by atoms with Gasteiger partial charge in [0.2, 0.25) is 0 Å². The van der Waals surface area contributed by atoms with Crippen LogP contribution >= 0.6 is 0 Å². The number of aryl methyl sites for hydroxylation is 2. The first-order chi connectivity index (χ1) is 11.2. The zero-order valence-electron chi connectivity index (χ0n) is 13.6. The molecule has 23 heavy (non-hydrogen) atoms. The molecule has 3 rings (SSSR count). The zero-order chi connectivity index (χ0) is 16.2. The lowest BCUT2D eigenvalue weighted by Gasteiger charge is -2.14.